The monoisotopic (exact) mass is 376 g/mol. The molecule has 1 aromatic carbocycles. The first-order valence-electron chi connectivity index (χ1n) is 10.2. The number of ether oxygens (including phenoxy) is 1. The lowest BCUT2D eigenvalue weighted by Crippen LogP contribution is -2.38. The molecule has 6 heteroatoms. The molecule has 0 aliphatic heterocycles. The van der Waals surface area contributed by atoms with Crippen LogP contribution in [0.3, 0.4) is 0 Å². The number of hydrogen-bond donors (Lipinski definition) is 3. The van der Waals surface area contributed by atoms with Crippen molar-refractivity contribution in [3.63, 3.8) is 0 Å². The number of amides is 1. The zero-order chi connectivity index (χ0) is 19.7. The number of rotatable bonds is 13. The van der Waals surface area contributed by atoms with Gasteiger partial charge in [-0.05, 0) is 43.9 Å². The molecular formula is C21H36N4O2. The van der Waals surface area contributed by atoms with Crippen LogP contribution in [0.5, 0.6) is 0 Å². The summed E-state index contributed by atoms with van der Waals surface area (Å²) in [5.74, 6) is 0.752. The van der Waals surface area contributed by atoms with Crippen LogP contribution < -0.4 is 16.0 Å². The smallest absolute Gasteiger partial charge is 0.251 e. The number of unbranched alkanes of at least 4 members (excludes halogenated alkanes) is 1. The topological polar surface area (TPSA) is 74.8 Å². The summed E-state index contributed by atoms with van der Waals surface area (Å²) in [5.41, 5.74) is 1.69. The van der Waals surface area contributed by atoms with Gasteiger partial charge >= 0.3 is 0 Å². The third-order valence-corrected chi connectivity index (χ3v) is 3.89. The molecule has 0 spiro atoms. The molecule has 0 aromatic heterocycles. The molecule has 0 unspecified atom stereocenters. The van der Waals surface area contributed by atoms with Crippen molar-refractivity contribution in [2.75, 3.05) is 32.8 Å². The van der Waals surface area contributed by atoms with Gasteiger partial charge in [0.05, 0.1) is 6.54 Å². The average molecular weight is 377 g/mol. The summed E-state index contributed by atoms with van der Waals surface area (Å²) in [6.45, 7) is 10.7. The lowest BCUT2D eigenvalue weighted by molar-refractivity contribution is 0.0953. The third kappa shape index (κ3) is 10.6. The SMILES string of the molecule is CCCCOCCCNC(=NCc1cccc(C(=O)NCCC)c1)NCC. The molecule has 0 bridgehead atoms. The lowest BCUT2D eigenvalue weighted by atomic mass is 10.1. The van der Waals surface area contributed by atoms with Crippen LogP contribution in [-0.2, 0) is 11.3 Å². The molecule has 1 aromatic rings. The van der Waals surface area contributed by atoms with Gasteiger partial charge in [-0.25, -0.2) is 4.99 Å². The molecule has 1 amide bonds. The highest BCUT2D eigenvalue weighted by atomic mass is 16.5. The Morgan fingerprint density at radius 1 is 1.00 bits per heavy atom. The van der Waals surface area contributed by atoms with Crippen molar-refractivity contribution in [1.29, 1.82) is 0 Å². The number of carbonyl (C=O) groups excluding carboxylic acids is 1. The van der Waals surface area contributed by atoms with Gasteiger partial charge in [-0.2, -0.15) is 0 Å². The van der Waals surface area contributed by atoms with Crippen LogP contribution in [0.1, 0.15) is 62.4 Å². The number of carbonyl (C=O) groups is 1. The molecular weight excluding hydrogens is 340 g/mol. The number of nitrogens with zero attached hydrogens (tertiary/aromatic N) is 1. The van der Waals surface area contributed by atoms with Crippen LogP contribution in [-0.4, -0.2) is 44.7 Å². The second-order valence-electron chi connectivity index (χ2n) is 6.40. The van der Waals surface area contributed by atoms with Gasteiger partial charge in [0.2, 0.25) is 0 Å². The molecule has 0 aliphatic rings. The van der Waals surface area contributed by atoms with Crippen molar-refractivity contribution in [2.45, 2.75) is 53.0 Å². The van der Waals surface area contributed by atoms with E-state index >= 15 is 0 Å². The third-order valence-electron chi connectivity index (χ3n) is 3.89. The Bertz CT molecular complexity index is 561. The molecule has 152 valence electrons. The van der Waals surface area contributed by atoms with Crippen molar-refractivity contribution in [2.24, 2.45) is 4.99 Å². The number of guanidine groups is 1. The molecule has 6 nitrogen and oxygen atoms in total. The van der Waals surface area contributed by atoms with Crippen LogP contribution in [0.4, 0.5) is 0 Å². The van der Waals surface area contributed by atoms with E-state index in [4.69, 9.17) is 4.74 Å². The molecule has 0 aliphatic carbocycles. The summed E-state index contributed by atoms with van der Waals surface area (Å²) in [5, 5.41) is 9.48. The maximum absolute atomic E-state index is 12.1. The van der Waals surface area contributed by atoms with Gasteiger partial charge in [-0.15, -0.1) is 0 Å². The van der Waals surface area contributed by atoms with Gasteiger partial charge in [0.25, 0.3) is 5.91 Å². The predicted octanol–water partition coefficient (Wildman–Crippen LogP) is 3.09. The van der Waals surface area contributed by atoms with Gasteiger partial charge in [0.1, 0.15) is 0 Å². The Kier molecular flexibility index (Phi) is 12.8. The molecule has 1 rings (SSSR count). The zero-order valence-electron chi connectivity index (χ0n) is 17.1. The van der Waals surface area contributed by atoms with Crippen molar-refractivity contribution in [3.8, 4) is 0 Å². The Balaban J connectivity index is 2.48. The molecule has 3 N–H and O–H groups in total. The second kappa shape index (κ2) is 15.0. The number of hydrogen-bond acceptors (Lipinski definition) is 3. The van der Waals surface area contributed by atoms with Crippen molar-refractivity contribution >= 4 is 11.9 Å². The van der Waals surface area contributed by atoms with Gasteiger partial charge in [-0.3, -0.25) is 4.79 Å². The number of aliphatic imine (C=N–C) groups is 1. The van der Waals surface area contributed by atoms with E-state index in [9.17, 15) is 4.79 Å². The maximum atomic E-state index is 12.1. The summed E-state index contributed by atoms with van der Waals surface area (Å²) in [6.07, 6.45) is 4.16. The van der Waals surface area contributed by atoms with E-state index in [0.29, 0.717) is 18.7 Å². The Labute approximate surface area is 164 Å². The summed E-state index contributed by atoms with van der Waals surface area (Å²) < 4.78 is 5.57. The Morgan fingerprint density at radius 2 is 1.81 bits per heavy atom. The fraction of sp³-hybridized carbons (Fsp3) is 0.619. The largest absolute Gasteiger partial charge is 0.381 e. The highest BCUT2D eigenvalue weighted by Crippen LogP contribution is 2.07. The minimum Gasteiger partial charge on any atom is -0.381 e. The second-order valence-corrected chi connectivity index (χ2v) is 6.40. The van der Waals surface area contributed by atoms with E-state index < -0.39 is 0 Å². The van der Waals surface area contributed by atoms with Gasteiger partial charge < -0.3 is 20.7 Å². The number of nitrogens with one attached hydrogen (secondary N) is 3. The maximum Gasteiger partial charge on any atom is 0.251 e. The van der Waals surface area contributed by atoms with Gasteiger partial charge in [0.15, 0.2) is 5.96 Å². The number of benzene rings is 1. The molecule has 0 radical (unpaired) electrons. The minimum atomic E-state index is -0.0317. The molecule has 0 heterocycles. The van der Waals surface area contributed by atoms with Gasteiger partial charge in [-0.1, -0.05) is 32.4 Å². The van der Waals surface area contributed by atoms with E-state index in [1.165, 1.54) is 0 Å². The standard InChI is InChI=1S/C21H36N4O2/c1-4-7-14-27-15-9-13-24-21(22-6-3)25-17-18-10-8-11-19(16-18)20(26)23-12-5-2/h8,10-11,16H,4-7,9,12-15,17H2,1-3H3,(H,23,26)(H2,22,24,25). The first kappa shape index (κ1) is 23.0. The van der Waals surface area contributed by atoms with Gasteiger partial charge in [0, 0.05) is 38.4 Å². The van der Waals surface area contributed by atoms with Crippen LogP contribution >= 0.6 is 0 Å². The molecule has 0 saturated heterocycles. The minimum absolute atomic E-state index is 0.0317. The molecule has 0 fully saturated rings. The van der Waals surface area contributed by atoms with Crippen molar-refractivity contribution in [3.05, 3.63) is 35.4 Å². The highest BCUT2D eigenvalue weighted by Gasteiger charge is 2.05. The summed E-state index contributed by atoms with van der Waals surface area (Å²) in [4.78, 5) is 16.7. The van der Waals surface area contributed by atoms with E-state index in [0.717, 1.165) is 63.5 Å². The Hall–Kier alpha value is -2.08. The van der Waals surface area contributed by atoms with E-state index in [-0.39, 0.29) is 5.91 Å². The normalized spacial score (nSPS) is 11.3. The first-order valence-corrected chi connectivity index (χ1v) is 10.2. The fourth-order valence-corrected chi connectivity index (χ4v) is 2.39. The lowest BCUT2D eigenvalue weighted by Gasteiger charge is -2.11. The predicted molar refractivity (Wildman–Crippen MR) is 112 cm³/mol. The summed E-state index contributed by atoms with van der Waals surface area (Å²) >= 11 is 0. The summed E-state index contributed by atoms with van der Waals surface area (Å²) in [6, 6.07) is 7.63. The van der Waals surface area contributed by atoms with Crippen molar-refractivity contribution < 1.29 is 9.53 Å². The van der Waals surface area contributed by atoms with Crippen LogP contribution in [0, 0.1) is 0 Å². The van der Waals surface area contributed by atoms with Crippen LogP contribution in [0.25, 0.3) is 0 Å². The van der Waals surface area contributed by atoms with E-state index in [2.05, 4.69) is 27.9 Å². The average Bonchev–Trinajstić information content (AvgIpc) is 2.69. The quantitative estimate of drug-likeness (QED) is 0.281. The zero-order valence-corrected chi connectivity index (χ0v) is 17.1. The highest BCUT2D eigenvalue weighted by molar-refractivity contribution is 5.94. The Morgan fingerprint density at radius 3 is 2.56 bits per heavy atom. The van der Waals surface area contributed by atoms with Crippen LogP contribution in [0.15, 0.2) is 29.3 Å². The fourth-order valence-electron chi connectivity index (χ4n) is 2.39. The van der Waals surface area contributed by atoms with E-state index in [1.54, 1.807) is 0 Å². The molecule has 27 heavy (non-hydrogen) atoms. The van der Waals surface area contributed by atoms with Crippen LogP contribution in [0.2, 0.25) is 0 Å². The first-order chi connectivity index (χ1) is 13.2. The molecule has 0 saturated carbocycles. The van der Waals surface area contributed by atoms with Crippen molar-refractivity contribution in [1.82, 2.24) is 16.0 Å². The summed E-state index contributed by atoms with van der Waals surface area (Å²) in [7, 11) is 0. The van der Waals surface area contributed by atoms with E-state index in [1.807, 2.05) is 38.1 Å². The molecule has 0 atom stereocenters.